The molecule has 8 heteroatoms. The van der Waals surface area contributed by atoms with Crippen molar-refractivity contribution >= 4 is 34.4 Å². The number of methoxy groups -OCH3 is 2. The molecule has 29 heavy (non-hydrogen) atoms. The maximum absolute atomic E-state index is 12.0. The molecule has 0 saturated carbocycles. The number of ether oxygens (including phenoxy) is 3. The number of rotatable bonds is 4. The minimum absolute atomic E-state index is 0.342. The monoisotopic (exact) mass is 415 g/mol. The zero-order valence-electron chi connectivity index (χ0n) is 16.9. The molecule has 0 radical (unpaired) electrons. The number of benzene rings is 1. The van der Waals surface area contributed by atoms with Gasteiger partial charge in [0, 0.05) is 11.5 Å². The van der Waals surface area contributed by atoms with Crippen LogP contribution in [0.1, 0.15) is 20.8 Å². The molecule has 1 N–H and O–H groups in total. The van der Waals surface area contributed by atoms with Gasteiger partial charge in [-0.1, -0.05) is 17.7 Å². The summed E-state index contributed by atoms with van der Waals surface area (Å²) in [6.45, 7) is 5.37. The first-order valence-corrected chi connectivity index (χ1v) is 9.28. The molecule has 0 unspecified atom stereocenters. The number of pyridine rings is 2. The lowest BCUT2D eigenvalue weighted by Gasteiger charge is -2.19. The third-order valence-electron chi connectivity index (χ3n) is 3.93. The van der Waals surface area contributed by atoms with Gasteiger partial charge in [-0.05, 0) is 45.0 Å². The number of hydrogen-bond donors (Lipinski definition) is 1. The van der Waals surface area contributed by atoms with E-state index in [4.69, 9.17) is 25.8 Å². The smallest absolute Gasteiger partial charge is 0.413 e. The van der Waals surface area contributed by atoms with Crippen molar-refractivity contribution < 1.29 is 19.0 Å². The highest BCUT2D eigenvalue weighted by Gasteiger charge is 2.18. The lowest BCUT2D eigenvalue weighted by molar-refractivity contribution is 0.0635. The van der Waals surface area contributed by atoms with E-state index in [0.717, 1.165) is 5.39 Å². The van der Waals surface area contributed by atoms with Crippen molar-refractivity contribution in [3.8, 4) is 22.9 Å². The molecular weight excluding hydrogens is 394 g/mol. The highest BCUT2D eigenvalue weighted by atomic mass is 35.5. The maximum Gasteiger partial charge on any atom is 0.413 e. The van der Waals surface area contributed by atoms with E-state index >= 15 is 0 Å². The van der Waals surface area contributed by atoms with Crippen LogP contribution < -0.4 is 14.8 Å². The Morgan fingerprint density at radius 3 is 2.38 bits per heavy atom. The Bertz CT molecular complexity index is 1060. The molecule has 0 saturated heterocycles. The molecule has 0 bridgehead atoms. The van der Waals surface area contributed by atoms with Gasteiger partial charge in [0.2, 0.25) is 0 Å². The fourth-order valence-electron chi connectivity index (χ4n) is 2.72. The standard InChI is InChI=1S/C21H22ClN3O4/c1-21(2,3)29-20(26)25-17-8-6-7-13(23-17)14-11-16(28-5)12-9-10-15(27-4)18(22)19(12)24-14/h6-11H,1-5H3,(H,23,25,26). The lowest BCUT2D eigenvalue weighted by atomic mass is 10.1. The maximum atomic E-state index is 12.0. The van der Waals surface area contributed by atoms with Crippen LogP contribution in [0.4, 0.5) is 10.6 Å². The van der Waals surface area contributed by atoms with Crippen LogP contribution in [0.15, 0.2) is 36.4 Å². The minimum atomic E-state index is -0.606. The van der Waals surface area contributed by atoms with Gasteiger partial charge in [-0.25, -0.2) is 14.8 Å². The summed E-state index contributed by atoms with van der Waals surface area (Å²) in [6, 6.07) is 10.6. The second-order valence-electron chi connectivity index (χ2n) is 7.22. The predicted molar refractivity (Wildman–Crippen MR) is 113 cm³/mol. The van der Waals surface area contributed by atoms with Crippen molar-refractivity contribution in [2.75, 3.05) is 19.5 Å². The number of amides is 1. The second kappa shape index (κ2) is 8.13. The number of anilines is 1. The second-order valence-corrected chi connectivity index (χ2v) is 7.60. The molecule has 1 aromatic carbocycles. The SMILES string of the molecule is COc1ccc2c(OC)cc(-c3cccc(NC(=O)OC(C)(C)C)n3)nc2c1Cl. The summed E-state index contributed by atoms with van der Waals surface area (Å²) in [4.78, 5) is 21.1. The van der Waals surface area contributed by atoms with Crippen molar-refractivity contribution in [2.24, 2.45) is 0 Å². The van der Waals surface area contributed by atoms with E-state index in [9.17, 15) is 4.79 Å². The molecular formula is C21H22ClN3O4. The van der Waals surface area contributed by atoms with Gasteiger partial charge in [0.25, 0.3) is 0 Å². The zero-order chi connectivity index (χ0) is 21.2. The largest absolute Gasteiger partial charge is 0.496 e. The van der Waals surface area contributed by atoms with Gasteiger partial charge in [-0.3, -0.25) is 5.32 Å². The van der Waals surface area contributed by atoms with Crippen LogP contribution >= 0.6 is 11.6 Å². The summed E-state index contributed by atoms with van der Waals surface area (Å²) < 4.78 is 16.1. The van der Waals surface area contributed by atoms with Crippen LogP contribution in [0.3, 0.4) is 0 Å². The molecule has 0 fully saturated rings. The van der Waals surface area contributed by atoms with Crippen LogP contribution in [0.2, 0.25) is 5.02 Å². The Kier molecular flexibility index (Phi) is 5.79. The number of nitrogens with zero attached hydrogens (tertiary/aromatic N) is 2. The van der Waals surface area contributed by atoms with E-state index in [1.54, 1.807) is 65.3 Å². The zero-order valence-corrected chi connectivity index (χ0v) is 17.6. The Hall–Kier alpha value is -3.06. The Balaban J connectivity index is 2.02. The summed E-state index contributed by atoms with van der Waals surface area (Å²) in [5.74, 6) is 1.45. The molecule has 3 rings (SSSR count). The van der Waals surface area contributed by atoms with Crippen LogP contribution in [0.25, 0.3) is 22.3 Å². The van der Waals surface area contributed by atoms with Crippen LogP contribution in [0.5, 0.6) is 11.5 Å². The Morgan fingerprint density at radius 2 is 1.72 bits per heavy atom. The van der Waals surface area contributed by atoms with Crippen molar-refractivity contribution in [3.05, 3.63) is 41.4 Å². The number of hydrogen-bond acceptors (Lipinski definition) is 6. The molecule has 0 aliphatic heterocycles. The van der Waals surface area contributed by atoms with Gasteiger partial charge in [0.15, 0.2) is 0 Å². The third-order valence-corrected chi connectivity index (χ3v) is 4.29. The van der Waals surface area contributed by atoms with E-state index in [1.165, 1.54) is 0 Å². The highest BCUT2D eigenvalue weighted by molar-refractivity contribution is 6.36. The molecule has 1 amide bonds. The van der Waals surface area contributed by atoms with Gasteiger partial charge in [-0.15, -0.1) is 0 Å². The van der Waals surface area contributed by atoms with Crippen LogP contribution in [0, 0.1) is 0 Å². The van der Waals surface area contributed by atoms with E-state index in [1.807, 2.05) is 6.07 Å². The van der Waals surface area contributed by atoms with Crippen molar-refractivity contribution in [1.29, 1.82) is 0 Å². The lowest BCUT2D eigenvalue weighted by Crippen LogP contribution is -2.27. The first-order valence-electron chi connectivity index (χ1n) is 8.90. The fourth-order valence-corrected chi connectivity index (χ4v) is 3.01. The highest BCUT2D eigenvalue weighted by Crippen LogP contribution is 2.37. The molecule has 2 heterocycles. The van der Waals surface area contributed by atoms with E-state index in [2.05, 4.69) is 15.3 Å². The number of halogens is 1. The van der Waals surface area contributed by atoms with Gasteiger partial charge in [-0.2, -0.15) is 0 Å². The topological polar surface area (TPSA) is 82.6 Å². The van der Waals surface area contributed by atoms with Gasteiger partial charge >= 0.3 is 6.09 Å². The Morgan fingerprint density at radius 1 is 1.00 bits per heavy atom. The summed E-state index contributed by atoms with van der Waals surface area (Å²) in [5.41, 5.74) is 1.01. The molecule has 2 aromatic heterocycles. The number of carbonyl (C=O) groups excluding carboxylic acids is 1. The molecule has 152 valence electrons. The van der Waals surface area contributed by atoms with E-state index in [0.29, 0.717) is 39.2 Å². The number of aromatic nitrogens is 2. The van der Waals surface area contributed by atoms with Gasteiger partial charge < -0.3 is 14.2 Å². The Labute approximate surface area is 174 Å². The van der Waals surface area contributed by atoms with Crippen molar-refractivity contribution in [3.63, 3.8) is 0 Å². The molecule has 7 nitrogen and oxygen atoms in total. The average Bonchev–Trinajstić information content (AvgIpc) is 2.66. The predicted octanol–water partition coefficient (Wildman–Crippen LogP) is 5.31. The quantitative estimate of drug-likeness (QED) is 0.621. The summed E-state index contributed by atoms with van der Waals surface area (Å²) >= 11 is 6.45. The number of carbonyl (C=O) groups is 1. The fraction of sp³-hybridized carbons (Fsp3) is 0.286. The summed E-state index contributed by atoms with van der Waals surface area (Å²) in [6.07, 6.45) is -0.584. The van der Waals surface area contributed by atoms with Gasteiger partial charge in [0.1, 0.15) is 27.9 Å². The molecule has 0 atom stereocenters. The number of fused-ring (bicyclic) bond motifs is 1. The summed E-state index contributed by atoms with van der Waals surface area (Å²) in [7, 11) is 3.12. The minimum Gasteiger partial charge on any atom is -0.496 e. The van der Waals surface area contributed by atoms with Crippen molar-refractivity contribution in [1.82, 2.24) is 9.97 Å². The van der Waals surface area contributed by atoms with E-state index in [-0.39, 0.29) is 0 Å². The molecule has 0 spiro atoms. The van der Waals surface area contributed by atoms with Crippen LogP contribution in [-0.4, -0.2) is 35.9 Å². The first-order chi connectivity index (χ1) is 13.7. The average molecular weight is 416 g/mol. The molecule has 0 aliphatic carbocycles. The number of nitrogens with one attached hydrogen (secondary N) is 1. The van der Waals surface area contributed by atoms with E-state index < -0.39 is 11.7 Å². The summed E-state index contributed by atoms with van der Waals surface area (Å²) in [5, 5.41) is 3.76. The van der Waals surface area contributed by atoms with Crippen molar-refractivity contribution in [2.45, 2.75) is 26.4 Å². The van der Waals surface area contributed by atoms with Crippen LogP contribution in [-0.2, 0) is 4.74 Å². The normalized spacial score (nSPS) is 11.2. The molecule has 0 aliphatic rings. The molecule has 3 aromatic rings. The third kappa shape index (κ3) is 4.68. The first kappa shape index (κ1) is 20.7. The van der Waals surface area contributed by atoms with Gasteiger partial charge in [0.05, 0.1) is 31.1 Å².